The Balaban J connectivity index is 1.61. The van der Waals surface area contributed by atoms with Crippen molar-refractivity contribution in [1.29, 1.82) is 0 Å². The van der Waals surface area contributed by atoms with Crippen LogP contribution in [0.15, 0.2) is 88.8 Å². The Morgan fingerprint density at radius 1 is 1.17 bits per heavy atom. The van der Waals surface area contributed by atoms with Gasteiger partial charge in [0.05, 0.1) is 22.4 Å². The van der Waals surface area contributed by atoms with E-state index < -0.39 is 11.0 Å². The van der Waals surface area contributed by atoms with E-state index in [9.17, 15) is 14.9 Å². The predicted octanol–water partition coefficient (Wildman–Crippen LogP) is 4.94. The van der Waals surface area contributed by atoms with Crippen molar-refractivity contribution in [3.05, 3.63) is 104 Å². The highest BCUT2D eigenvalue weighted by Crippen LogP contribution is 2.37. The van der Waals surface area contributed by atoms with E-state index in [2.05, 4.69) is 41.6 Å². The second-order valence-electron chi connectivity index (χ2n) is 7.83. The van der Waals surface area contributed by atoms with Crippen molar-refractivity contribution in [3.63, 3.8) is 0 Å². The lowest BCUT2D eigenvalue weighted by Crippen LogP contribution is -2.31. The molecule has 174 valence electrons. The minimum absolute atomic E-state index is 0.0578. The van der Waals surface area contributed by atoms with Gasteiger partial charge in [0.25, 0.3) is 11.6 Å². The molecule has 2 aromatic heterocycles. The van der Waals surface area contributed by atoms with E-state index in [0.29, 0.717) is 34.3 Å². The van der Waals surface area contributed by atoms with Crippen molar-refractivity contribution in [3.8, 4) is 11.4 Å². The second-order valence-corrected chi connectivity index (χ2v) is 8.74. The van der Waals surface area contributed by atoms with E-state index in [1.807, 2.05) is 24.3 Å². The number of carbonyl (C=O) groups excluding carboxylic acids is 1. The Morgan fingerprint density at radius 2 is 2.00 bits per heavy atom. The van der Waals surface area contributed by atoms with E-state index in [4.69, 9.17) is 0 Å². The number of hydrogen-bond acceptors (Lipinski definition) is 7. The first-order valence-corrected chi connectivity index (χ1v) is 11.4. The number of anilines is 2. The molecule has 4 aromatic rings. The number of nitrogens with one attached hydrogen (secondary N) is 2. The van der Waals surface area contributed by atoms with Gasteiger partial charge in [-0.2, -0.15) is 4.98 Å². The van der Waals surface area contributed by atoms with Gasteiger partial charge >= 0.3 is 0 Å². The summed E-state index contributed by atoms with van der Waals surface area (Å²) in [5, 5.41) is 22.0. The molecule has 0 saturated carbocycles. The van der Waals surface area contributed by atoms with Crippen molar-refractivity contribution < 1.29 is 9.72 Å². The van der Waals surface area contributed by atoms with Crippen LogP contribution in [0, 0.1) is 10.1 Å². The van der Waals surface area contributed by atoms with E-state index >= 15 is 0 Å². The summed E-state index contributed by atoms with van der Waals surface area (Å²) < 4.78 is 2.47. The number of nitrogens with zero attached hydrogens (tertiary/aromatic N) is 5. The monoisotopic (exact) mass is 531 g/mol. The van der Waals surface area contributed by atoms with Crippen molar-refractivity contribution >= 4 is 39.2 Å². The lowest BCUT2D eigenvalue weighted by molar-refractivity contribution is -0.384. The maximum atomic E-state index is 13.5. The zero-order valence-electron chi connectivity index (χ0n) is 18.3. The van der Waals surface area contributed by atoms with Gasteiger partial charge in [-0.05, 0) is 36.8 Å². The van der Waals surface area contributed by atoms with Crippen molar-refractivity contribution in [2.45, 2.75) is 13.0 Å². The van der Waals surface area contributed by atoms with Crippen LogP contribution >= 0.6 is 15.9 Å². The summed E-state index contributed by atoms with van der Waals surface area (Å²) in [5.41, 5.74) is 2.88. The number of halogens is 1. The van der Waals surface area contributed by atoms with Gasteiger partial charge < -0.3 is 10.6 Å². The smallest absolute Gasteiger partial charge is 0.270 e. The third-order valence-corrected chi connectivity index (χ3v) is 5.99. The zero-order valence-corrected chi connectivity index (χ0v) is 19.9. The van der Waals surface area contributed by atoms with Gasteiger partial charge in [-0.15, -0.1) is 5.10 Å². The maximum Gasteiger partial charge on any atom is 0.270 e. The molecular formula is C24H18BrN7O3. The molecule has 0 bridgehead atoms. The topological polar surface area (TPSA) is 128 Å². The minimum Gasteiger partial charge on any atom is -0.328 e. The van der Waals surface area contributed by atoms with E-state index in [1.165, 1.54) is 12.1 Å². The number of aromatic nitrogens is 4. The second kappa shape index (κ2) is 9.11. The van der Waals surface area contributed by atoms with Crippen LogP contribution in [0.25, 0.3) is 11.4 Å². The van der Waals surface area contributed by atoms with Crippen LogP contribution in [0.2, 0.25) is 0 Å². The van der Waals surface area contributed by atoms with Crippen LogP contribution < -0.4 is 10.6 Å². The molecule has 0 radical (unpaired) electrons. The molecule has 11 heteroatoms. The molecule has 0 spiro atoms. The molecule has 35 heavy (non-hydrogen) atoms. The third kappa shape index (κ3) is 4.41. The number of non-ortho nitro benzene ring substituents is 1. The van der Waals surface area contributed by atoms with E-state index in [0.717, 1.165) is 10.0 Å². The molecule has 1 amide bonds. The van der Waals surface area contributed by atoms with Crippen molar-refractivity contribution in [2.24, 2.45) is 0 Å². The number of benzene rings is 2. The van der Waals surface area contributed by atoms with Crippen LogP contribution in [-0.2, 0) is 4.79 Å². The highest BCUT2D eigenvalue weighted by molar-refractivity contribution is 9.10. The Hall–Kier alpha value is -4.38. The number of nitro benzene ring substituents is 1. The molecule has 1 atom stereocenters. The summed E-state index contributed by atoms with van der Waals surface area (Å²) in [6.07, 6.45) is 3.20. The summed E-state index contributed by atoms with van der Waals surface area (Å²) in [6.45, 7) is 1.80. The van der Waals surface area contributed by atoms with Crippen LogP contribution in [0.4, 0.5) is 17.3 Å². The van der Waals surface area contributed by atoms with E-state index in [-0.39, 0.29) is 11.6 Å². The molecule has 0 fully saturated rings. The zero-order chi connectivity index (χ0) is 24.5. The molecule has 0 aliphatic carbocycles. The molecule has 1 unspecified atom stereocenters. The number of hydrogen-bond donors (Lipinski definition) is 2. The first-order valence-electron chi connectivity index (χ1n) is 10.6. The van der Waals surface area contributed by atoms with Gasteiger partial charge in [0, 0.05) is 34.1 Å². The fraction of sp³-hybridized carbons (Fsp3) is 0.0833. The molecule has 1 aliphatic rings. The molecule has 2 N–H and O–H groups in total. The largest absolute Gasteiger partial charge is 0.328 e. The Labute approximate surface area is 208 Å². The Morgan fingerprint density at radius 3 is 2.74 bits per heavy atom. The summed E-state index contributed by atoms with van der Waals surface area (Å²) in [5.74, 6) is 0.413. The van der Waals surface area contributed by atoms with Crippen LogP contribution in [0.1, 0.15) is 18.5 Å². The minimum atomic E-state index is -0.597. The highest BCUT2D eigenvalue weighted by Gasteiger charge is 2.34. The summed E-state index contributed by atoms with van der Waals surface area (Å²) in [6, 6.07) is 16.6. The molecule has 2 aromatic carbocycles. The average Bonchev–Trinajstić information content (AvgIpc) is 3.27. The first-order chi connectivity index (χ1) is 16.9. The number of carbonyl (C=O) groups is 1. The van der Waals surface area contributed by atoms with Crippen LogP contribution in [0.5, 0.6) is 0 Å². The number of rotatable bonds is 5. The lowest BCUT2D eigenvalue weighted by atomic mass is 9.95. The Bertz CT molecular complexity index is 1480. The summed E-state index contributed by atoms with van der Waals surface area (Å²) >= 11 is 3.51. The molecule has 5 rings (SSSR count). The van der Waals surface area contributed by atoms with Gasteiger partial charge in [0.2, 0.25) is 5.95 Å². The average molecular weight is 532 g/mol. The molecule has 10 nitrogen and oxygen atoms in total. The van der Waals surface area contributed by atoms with Gasteiger partial charge in [0.1, 0.15) is 6.04 Å². The fourth-order valence-corrected chi connectivity index (χ4v) is 4.36. The number of allylic oxidation sites excluding steroid dienone is 1. The number of pyridine rings is 1. The number of nitro groups is 1. The number of fused-ring (bicyclic) bond motifs is 1. The standard InChI is InChI=1S/C24H18BrN7O3/c1-14-20(23(33)28-18-8-4-10-26-13-18)21(15-5-2-7-17(25)11-15)31-24(27-14)29-22(30-31)16-6-3-9-19(12-16)32(34)35/h2-13,21H,1H3,(H,28,33)(H,27,29,30). The Kier molecular flexibility index (Phi) is 5.83. The molecular weight excluding hydrogens is 514 g/mol. The highest BCUT2D eigenvalue weighted by atomic mass is 79.9. The van der Waals surface area contributed by atoms with Gasteiger partial charge in [-0.1, -0.05) is 40.2 Å². The summed E-state index contributed by atoms with van der Waals surface area (Å²) in [7, 11) is 0. The van der Waals surface area contributed by atoms with Gasteiger partial charge in [0.15, 0.2) is 5.82 Å². The lowest BCUT2D eigenvalue weighted by Gasteiger charge is -2.28. The first kappa shape index (κ1) is 22.4. The molecule has 3 heterocycles. The van der Waals surface area contributed by atoms with Gasteiger partial charge in [-0.3, -0.25) is 19.9 Å². The maximum absolute atomic E-state index is 13.5. The SMILES string of the molecule is CC1=C(C(=O)Nc2cccnc2)C(c2cccc(Br)c2)n2nc(-c3cccc([N+](=O)[O-])c3)nc2N1. The van der Waals surface area contributed by atoms with Gasteiger partial charge in [-0.25, -0.2) is 4.68 Å². The normalized spacial score (nSPS) is 14.7. The fourth-order valence-electron chi connectivity index (χ4n) is 3.95. The molecule has 0 saturated heterocycles. The van der Waals surface area contributed by atoms with Crippen LogP contribution in [0.3, 0.4) is 0 Å². The number of amides is 1. The third-order valence-electron chi connectivity index (χ3n) is 5.50. The summed E-state index contributed by atoms with van der Waals surface area (Å²) in [4.78, 5) is 32.9. The quantitative estimate of drug-likeness (QED) is 0.275. The van der Waals surface area contributed by atoms with E-state index in [1.54, 1.807) is 48.3 Å². The predicted molar refractivity (Wildman–Crippen MR) is 134 cm³/mol. The van der Waals surface area contributed by atoms with Crippen molar-refractivity contribution in [1.82, 2.24) is 19.7 Å². The molecule has 1 aliphatic heterocycles. The van der Waals surface area contributed by atoms with Crippen LogP contribution in [-0.4, -0.2) is 30.6 Å². The van der Waals surface area contributed by atoms with Crippen molar-refractivity contribution in [2.75, 3.05) is 10.6 Å².